The molecule has 0 aromatic heterocycles. The number of carbonyl (C=O) groups is 1. The summed E-state index contributed by atoms with van der Waals surface area (Å²) in [6.07, 6.45) is -5.78. The van der Waals surface area contributed by atoms with Crippen molar-refractivity contribution in [1.29, 1.82) is 0 Å². The first-order valence-electron chi connectivity index (χ1n) is 9.30. The number of esters is 1. The predicted molar refractivity (Wildman–Crippen MR) is 100 cm³/mol. The summed E-state index contributed by atoms with van der Waals surface area (Å²) in [5.74, 6) is -9.32. The van der Waals surface area contributed by atoms with Crippen molar-refractivity contribution in [3.8, 4) is 0 Å². The molecule has 1 aliphatic heterocycles. The second-order valence-corrected chi connectivity index (χ2v) is 6.84. The zero-order chi connectivity index (χ0) is 22.9. The van der Waals surface area contributed by atoms with E-state index in [9.17, 15) is 18.0 Å². The van der Waals surface area contributed by atoms with Crippen molar-refractivity contribution in [2.75, 3.05) is 13.2 Å². The SMILES string of the molecule is C=C1CO[C@](c2ccc(C(F)(F)F)cc2)(C(F)(F)C(=O)OCC)O[C@H]1c1ccccc1. The van der Waals surface area contributed by atoms with Gasteiger partial charge in [0.2, 0.25) is 0 Å². The highest BCUT2D eigenvalue weighted by atomic mass is 19.4. The summed E-state index contributed by atoms with van der Waals surface area (Å²) in [6, 6.07) is 11.1. The first kappa shape index (κ1) is 22.9. The summed E-state index contributed by atoms with van der Waals surface area (Å²) in [5, 5.41) is 0. The highest BCUT2D eigenvalue weighted by Gasteiger charge is 2.66. The summed E-state index contributed by atoms with van der Waals surface area (Å²) >= 11 is 0. The molecule has 1 heterocycles. The van der Waals surface area contributed by atoms with Gasteiger partial charge in [0.25, 0.3) is 5.79 Å². The topological polar surface area (TPSA) is 44.8 Å². The molecule has 0 unspecified atom stereocenters. The molecule has 1 saturated heterocycles. The Bertz CT molecular complexity index is 941. The lowest BCUT2D eigenvalue weighted by atomic mass is 9.93. The number of ether oxygens (including phenoxy) is 3. The number of hydrogen-bond donors (Lipinski definition) is 0. The van der Waals surface area contributed by atoms with Gasteiger partial charge in [0.05, 0.1) is 18.8 Å². The molecule has 1 fully saturated rings. The standard InChI is InChI=1S/C22H19F5O4/c1-3-29-19(28)20(23,24)21(16-9-11-17(12-10-16)22(25,26)27)30-13-14(2)18(31-21)15-7-5-4-6-8-15/h4-12,18H,2-3,13H2,1H3/t18-,21+/m1/s1. The van der Waals surface area contributed by atoms with E-state index >= 15 is 8.78 Å². The third-order valence-electron chi connectivity index (χ3n) is 4.76. The van der Waals surface area contributed by atoms with Gasteiger partial charge >= 0.3 is 18.1 Å². The fraction of sp³-hybridized carbons (Fsp3) is 0.318. The molecule has 0 amide bonds. The molecule has 1 aliphatic rings. The monoisotopic (exact) mass is 442 g/mol. The van der Waals surface area contributed by atoms with E-state index in [0.29, 0.717) is 23.3 Å². The summed E-state index contributed by atoms with van der Waals surface area (Å²) in [5.41, 5.74) is -0.752. The molecule has 3 rings (SSSR count). The van der Waals surface area contributed by atoms with Gasteiger partial charge in [0, 0.05) is 5.56 Å². The zero-order valence-corrected chi connectivity index (χ0v) is 16.4. The molecule has 0 N–H and O–H groups in total. The number of hydrogen-bond acceptors (Lipinski definition) is 4. The summed E-state index contributed by atoms with van der Waals surface area (Å²) in [6.45, 7) is 4.36. The first-order valence-corrected chi connectivity index (χ1v) is 9.30. The number of benzene rings is 2. The van der Waals surface area contributed by atoms with Crippen LogP contribution in [-0.2, 0) is 31.0 Å². The Morgan fingerprint density at radius 3 is 2.26 bits per heavy atom. The molecule has 4 nitrogen and oxygen atoms in total. The molecule has 2 aromatic carbocycles. The van der Waals surface area contributed by atoms with E-state index in [4.69, 9.17) is 9.47 Å². The van der Waals surface area contributed by atoms with E-state index in [0.717, 1.165) is 12.1 Å². The minimum Gasteiger partial charge on any atom is -0.461 e. The predicted octanol–water partition coefficient (Wildman–Crippen LogP) is 5.40. The molecular formula is C22H19F5O4. The summed E-state index contributed by atoms with van der Waals surface area (Å²) < 4.78 is 85.2. The minimum atomic E-state index is -4.68. The second-order valence-electron chi connectivity index (χ2n) is 6.84. The fourth-order valence-corrected chi connectivity index (χ4v) is 3.22. The first-order chi connectivity index (χ1) is 14.5. The Kier molecular flexibility index (Phi) is 6.20. The van der Waals surface area contributed by atoms with Gasteiger partial charge in [-0.3, -0.25) is 0 Å². The van der Waals surface area contributed by atoms with Crippen LogP contribution in [0.25, 0.3) is 0 Å². The maximum Gasteiger partial charge on any atom is 0.416 e. The van der Waals surface area contributed by atoms with Crippen LogP contribution in [0.2, 0.25) is 0 Å². The van der Waals surface area contributed by atoms with Crippen molar-refractivity contribution in [2.45, 2.75) is 30.9 Å². The van der Waals surface area contributed by atoms with Gasteiger partial charge in [0.15, 0.2) is 0 Å². The lowest BCUT2D eigenvalue weighted by molar-refractivity contribution is -0.366. The minimum absolute atomic E-state index is 0.299. The van der Waals surface area contributed by atoms with E-state index < -0.39 is 47.7 Å². The van der Waals surface area contributed by atoms with E-state index in [-0.39, 0.29) is 6.61 Å². The molecular weight excluding hydrogens is 423 g/mol. The van der Waals surface area contributed by atoms with Crippen LogP contribution in [0.4, 0.5) is 22.0 Å². The average Bonchev–Trinajstić information content (AvgIpc) is 2.74. The molecule has 2 atom stereocenters. The molecule has 0 spiro atoms. The van der Waals surface area contributed by atoms with E-state index in [1.807, 2.05) is 0 Å². The maximum atomic E-state index is 15.4. The largest absolute Gasteiger partial charge is 0.461 e. The van der Waals surface area contributed by atoms with Crippen molar-refractivity contribution in [3.63, 3.8) is 0 Å². The van der Waals surface area contributed by atoms with Crippen LogP contribution < -0.4 is 0 Å². The van der Waals surface area contributed by atoms with Crippen LogP contribution in [-0.4, -0.2) is 25.1 Å². The fourth-order valence-electron chi connectivity index (χ4n) is 3.22. The third kappa shape index (κ3) is 4.20. The van der Waals surface area contributed by atoms with Crippen LogP contribution in [0.3, 0.4) is 0 Å². The average molecular weight is 442 g/mol. The Labute approximate surface area is 175 Å². The Balaban J connectivity index is 2.13. The van der Waals surface area contributed by atoms with Gasteiger partial charge in [-0.05, 0) is 30.2 Å². The van der Waals surface area contributed by atoms with Crippen LogP contribution in [0.5, 0.6) is 0 Å². The van der Waals surface area contributed by atoms with Crippen molar-refractivity contribution < 1.29 is 41.0 Å². The molecule has 0 saturated carbocycles. The highest BCUT2D eigenvalue weighted by molar-refractivity contribution is 5.79. The number of halogens is 5. The lowest BCUT2D eigenvalue weighted by Crippen LogP contribution is -2.57. The highest BCUT2D eigenvalue weighted by Crippen LogP contribution is 2.50. The Morgan fingerprint density at radius 2 is 1.71 bits per heavy atom. The van der Waals surface area contributed by atoms with Gasteiger partial charge in [-0.15, -0.1) is 0 Å². The summed E-state index contributed by atoms with van der Waals surface area (Å²) in [7, 11) is 0. The summed E-state index contributed by atoms with van der Waals surface area (Å²) in [4.78, 5) is 12.2. The van der Waals surface area contributed by atoms with Crippen molar-refractivity contribution in [2.24, 2.45) is 0 Å². The molecule has 0 radical (unpaired) electrons. The van der Waals surface area contributed by atoms with Crippen molar-refractivity contribution >= 4 is 5.97 Å². The van der Waals surface area contributed by atoms with E-state index in [2.05, 4.69) is 11.3 Å². The Hall–Kier alpha value is -2.78. The number of alkyl halides is 5. The van der Waals surface area contributed by atoms with Gasteiger partial charge in [-0.2, -0.15) is 22.0 Å². The van der Waals surface area contributed by atoms with Gasteiger partial charge in [-0.25, -0.2) is 4.79 Å². The van der Waals surface area contributed by atoms with Crippen LogP contribution in [0.15, 0.2) is 66.7 Å². The molecule has 166 valence electrons. The van der Waals surface area contributed by atoms with Crippen molar-refractivity contribution in [3.05, 3.63) is 83.4 Å². The molecule has 31 heavy (non-hydrogen) atoms. The number of carbonyl (C=O) groups excluding carboxylic acids is 1. The quantitative estimate of drug-likeness (QED) is 0.353. The lowest BCUT2D eigenvalue weighted by Gasteiger charge is -2.45. The van der Waals surface area contributed by atoms with Gasteiger partial charge < -0.3 is 14.2 Å². The maximum absolute atomic E-state index is 15.4. The molecule has 0 aliphatic carbocycles. The smallest absolute Gasteiger partial charge is 0.416 e. The molecule has 0 bridgehead atoms. The Morgan fingerprint density at radius 1 is 1.10 bits per heavy atom. The second kappa shape index (κ2) is 8.39. The van der Waals surface area contributed by atoms with Crippen LogP contribution in [0.1, 0.15) is 29.7 Å². The number of rotatable bonds is 5. The zero-order valence-electron chi connectivity index (χ0n) is 16.4. The van der Waals surface area contributed by atoms with E-state index in [1.54, 1.807) is 30.3 Å². The van der Waals surface area contributed by atoms with Crippen molar-refractivity contribution in [1.82, 2.24) is 0 Å². The molecule has 2 aromatic rings. The van der Waals surface area contributed by atoms with Crippen LogP contribution >= 0.6 is 0 Å². The molecule has 9 heteroatoms. The normalized spacial score (nSPS) is 22.3. The van der Waals surface area contributed by atoms with Gasteiger partial charge in [-0.1, -0.05) is 49.0 Å². The van der Waals surface area contributed by atoms with Gasteiger partial charge in [0.1, 0.15) is 6.10 Å². The van der Waals surface area contributed by atoms with E-state index in [1.165, 1.54) is 6.92 Å². The van der Waals surface area contributed by atoms with Crippen LogP contribution in [0, 0.1) is 0 Å². The third-order valence-corrected chi connectivity index (χ3v) is 4.76.